The highest BCUT2D eigenvalue weighted by molar-refractivity contribution is 5.70. The van der Waals surface area contributed by atoms with Gasteiger partial charge in [0.1, 0.15) is 5.60 Å². The van der Waals surface area contributed by atoms with E-state index in [1.807, 2.05) is 4.90 Å². The van der Waals surface area contributed by atoms with E-state index in [1.165, 1.54) is 12.8 Å². The SMILES string of the molecule is CC(C)CCN1CC2(CCN([C@@H]3CCCOC3)CC2)OC1=O. The van der Waals surface area contributed by atoms with Crippen molar-refractivity contribution in [3.05, 3.63) is 0 Å². The lowest BCUT2D eigenvalue weighted by atomic mass is 9.90. The summed E-state index contributed by atoms with van der Waals surface area (Å²) in [5, 5.41) is 0. The number of rotatable bonds is 4. The van der Waals surface area contributed by atoms with Crippen LogP contribution in [0.3, 0.4) is 0 Å². The molecular weight excluding hydrogens is 280 g/mol. The van der Waals surface area contributed by atoms with Crippen LogP contribution in [0.15, 0.2) is 0 Å². The Hall–Kier alpha value is -0.810. The second-order valence-electron chi connectivity index (χ2n) is 7.56. The molecule has 22 heavy (non-hydrogen) atoms. The van der Waals surface area contributed by atoms with Crippen molar-refractivity contribution in [3.63, 3.8) is 0 Å². The quantitative estimate of drug-likeness (QED) is 0.800. The molecule has 5 nitrogen and oxygen atoms in total. The van der Waals surface area contributed by atoms with Gasteiger partial charge >= 0.3 is 6.09 Å². The Morgan fingerprint density at radius 1 is 1.32 bits per heavy atom. The summed E-state index contributed by atoms with van der Waals surface area (Å²) >= 11 is 0. The molecule has 1 spiro atoms. The zero-order valence-electron chi connectivity index (χ0n) is 14.1. The molecule has 1 amide bonds. The highest BCUT2D eigenvalue weighted by Gasteiger charge is 2.47. The van der Waals surface area contributed by atoms with Crippen molar-refractivity contribution in [2.45, 2.75) is 57.6 Å². The van der Waals surface area contributed by atoms with Gasteiger partial charge in [-0.3, -0.25) is 4.90 Å². The highest BCUT2D eigenvalue weighted by Crippen LogP contribution is 2.34. The topological polar surface area (TPSA) is 42.0 Å². The number of piperidine rings is 1. The van der Waals surface area contributed by atoms with Crippen molar-refractivity contribution in [2.75, 3.05) is 39.4 Å². The molecule has 0 aromatic carbocycles. The number of nitrogens with zero attached hydrogens (tertiary/aromatic N) is 2. The summed E-state index contributed by atoms with van der Waals surface area (Å²) < 4.78 is 11.4. The number of likely N-dealkylation sites (tertiary alicyclic amines) is 1. The van der Waals surface area contributed by atoms with Crippen LogP contribution >= 0.6 is 0 Å². The zero-order chi connectivity index (χ0) is 15.6. The van der Waals surface area contributed by atoms with Crippen LogP contribution in [0.4, 0.5) is 4.79 Å². The lowest BCUT2D eigenvalue weighted by Gasteiger charge is -2.42. The number of ether oxygens (including phenoxy) is 2. The lowest BCUT2D eigenvalue weighted by Crippen LogP contribution is -2.52. The maximum Gasteiger partial charge on any atom is 0.410 e. The average Bonchev–Trinajstić information content (AvgIpc) is 2.82. The summed E-state index contributed by atoms with van der Waals surface area (Å²) in [4.78, 5) is 16.6. The van der Waals surface area contributed by atoms with Gasteiger partial charge in [-0.25, -0.2) is 4.79 Å². The number of carbonyl (C=O) groups is 1. The minimum absolute atomic E-state index is 0.102. The van der Waals surface area contributed by atoms with Gasteiger partial charge in [-0.15, -0.1) is 0 Å². The molecule has 1 atom stereocenters. The molecule has 0 aromatic heterocycles. The van der Waals surface area contributed by atoms with Crippen molar-refractivity contribution in [1.82, 2.24) is 9.80 Å². The molecule has 0 N–H and O–H groups in total. The average molecular weight is 310 g/mol. The van der Waals surface area contributed by atoms with Crippen LogP contribution in [-0.4, -0.2) is 66.9 Å². The molecule has 3 fully saturated rings. The van der Waals surface area contributed by atoms with Crippen molar-refractivity contribution >= 4 is 6.09 Å². The van der Waals surface area contributed by atoms with Crippen molar-refractivity contribution < 1.29 is 14.3 Å². The smallest absolute Gasteiger partial charge is 0.410 e. The van der Waals surface area contributed by atoms with Gasteiger partial charge in [0.2, 0.25) is 0 Å². The van der Waals surface area contributed by atoms with Gasteiger partial charge in [-0.1, -0.05) is 13.8 Å². The first kappa shape index (κ1) is 16.1. The van der Waals surface area contributed by atoms with Crippen molar-refractivity contribution in [1.29, 1.82) is 0 Å². The summed E-state index contributed by atoms with van der Waals surface area (Å²) in [6.45, 7) is 9.85. The third-order valence-corrected chi connectivity index (χ3v) is 5.38. The van der Waals surface area contributed by atoms with E-state index < -0.39 is 0 Å². The molecule has 3 saturated heterocycles. The molecule has 0 aliphatic carbocycles. The first-order chi connectivity index (χ1) is 10.6. The minimum atomic E-state index is -0.222. The van der Waals surface area contributed by atoms with Crippen LogP contribution in [0.5, 0.6) is 0 Å². The molecule has 3 aliphatic rings. The summed E-state index contributed by atoms with van der Waals surface area (Å²) in [6, 6.07) is 0.570. The number of carbonyl (C=O) groups excluding carboxylic acids is 1. The molecule has 5 heteroatoms. The summed E-state index contributed by atoms with van der Waals surface area (Å²) in [5.41, 5.74) is -0.222. The number of hydrogen-bond acceptors (Lipinski definition) is 4. The number of amides is 1. The second-order valence-corrected chi connectivity index (χ2v) is 7.56. The molecule has 0 radical (unpaired) electrons. The molecule has 3 aliphatic heterocycles. The third kappa shape index (κ3) is 3.57. The van der Waals surface area contributed by atoms with Crippen LogP contribution in [0.1, 0.15) is 46.0 Å². The summed E-state index contributed by atoms with van der Waals surface area (Å²) in [7, 11) is 0. The van der Waals surface area contributed by atoms with E-state index in [-0.39, 0.29) is 11.7 Å². The van der Waals surface area contributed by atoms with Crippen LogP contribution in [0, 0.1) is 5.92 Å². The maximum atomic E-state index is 12.1. The fourth-order valence-electron chi connectivity index (χ4n) is 3.85. The predicted molar refractivity (Wildman–Crippen MR) is 84.9 cm³/mol. The van der Waals surface area contributed by atoms with E-state index in [0.717, 1.165) is 58.7 Å². The minimum Gasteiger partial charge on any atom is -0.441 e. The normalized spacial score (nSPS) is 29.3. The highest BCUT2D eigenvalue weighted by atomic mass is 16.6. The van der Waals surface area contributed by atoms with E-state index in [2.05, 4.69) is 18.7 Å². The zero-order valence-corrected chi connectivity index (χ0v) is 14.1. The van der Waals surface area contributed by atoms with E-state index in [9.17, 15) is 4.79 Å². The van der Waals surface area contributed by atoms with Gasteiger partial charge in [0, 0.05) is 45.1 Å². The molecular formula is C17H30N2O3. The first-order valence-corrected chi connectivity index (χ1v) is 8.88. The van der Waals surface area contributed by atoms with Crippen LogP contribution in [0.2, 0.25) is 0 Å². The van der Waals surface area contributed by atoms with Gasteiger partial charge in [0.25, 0.3) is 0 Å². The number of hydrogen-bond donors (Lipinski definition) is 0. The monoisotopic (exact) mass is 310 g/mol. The Kier molecular flexibility index (Phi) is 4.93. The van der Waals surface area contributed by atoms with Crippen LogP contribution in [-0.2, 0) is 9.47 Å². The van der Waals surface area contributed by atoms with Gasteiger partial charge in [-0.2, -0.15) is 0 Å². The van der Waals surface area contributed by atoms with Gasteiger partial charge in [0.05, 0.1) is 13.2 Å². The molecule has 126 valence electrons. The van der Waals surface area contributed by atoms with E-state index >= 15 is 0 Å². The Bertz CT molecular complexity index is 385. The van der Waals surface area contributed by atoms with E-state index in [4.69, 9.17) is 9.47 Å². The molecule has 3 heterocycles. The summed E-state index contributed by atoms with van der Waals surface area (Å²) in [5.74, 6) is 0.623. The van der Waals surface area contributed by atoms with Crippen LogP contribution in [0.25, 0.3) is 0 Å². The van der Waals surface area contributed by atoms with Gasteiger partial charge in [-0.05, 0) is 25.2 Å². The fraction of sp³-hybridized carbons (Fsp3) is 0.941. The third-order valence-electron chi connectivity index (χ3n) is 5.38. The van der Waals surface area contributed by atoms with E-state index in [0.29, 0.717) is 12.0 Å². The largest absolute Gasteiger partial charge is 0.441 e. The molecule has 3 rings (SSSR count). The standard InChI is InChI=1S/C17H30N2O3/c1-14(2)5-8-19-13-17(22-16(19)20)6-9-18(10-7-17)15-4-3-11-21-12-15/h14-15H,3-13H2,1-2H3/t15-/m1/s1. The Balaban J connectivity index is 1.50. The Labute approximate surface area is 133 Å². The Morgan fingerprint density at radius 2 is 2.09 bits per heavy atom. The molecule has 0 aromatic rings. The molecule has 0 saturated carbocycles. The lowest BCUT2D eigenvalue weighted by molar-refractivity contribution is -0.0389. The van der Waals surface area contributed by atoms with Crippen LogP contribution < -0.4 is 0 Å². The van der Waals surface area contributed by atoms with Crippen molar-refractivity contribution in [2.24, 2.45) is 5.92 Å². The predicted octanol–water partition coefficient (Wildman–Crippen LogP) is 2.50. The fourth-order valence-corrected chi connectivity index (χ4v) is 3.85. The summed E-state index contributed by atoms with van der Waals surface area (Å²) in [6.07, 6.45) is 5.30. The van der Waals surface area contributed by atoms with Gasteiger partial charge in [0.15, 0.2) is 0 Å². The maximum absolute atomic E-state index is 12.1. The Morgan fingerprint density at radius 3 is 2.73 bits per heavy atom. The molecule has 0 bridgehead atoms. The van der Waals surface area contributed by atoms with Gasteiger partial charge < -0.3 is 14.4 Å². The first-order valence-electron chi connectivity index (χ1n) is 8.88. The van der Waals surface area contributed by atoms with E-state index in [1.54, 1.807) is 0 Å². The van der Waals surface area contributed by atoms with Crippen molar-refractivity contribution in [3.8, 4) is 0 Å². The second kappa shape index (κ2) is 6.75. The molecule has 0 unspecified atom stereocenters.